The minimum absolute atomic E-state index is 0.499. The first-order valence-corrected chi connectivity index (χ1v) is 10.6. The summed E-state index contributed by atoms with van der Waals surface area (Å²) in [6, 6.07) is 10.3. The van der Waals surface area contributed by atoms with Crippen LogP contribution in [0.1, 0.15) is 27.8 Å². The first kappa shape index (κ1) is 18.9. The summed E-state index contributed by atoms with van der Waals surface area (Å²) in [4.78, 5) is 2.78. The van der Waals surface area contributed by atoms with Crippen LogP contribution in [0.4, 0.5) is 5.69 Å². The van der Waals surface area contributed by atoms with Gasteiger partial charge in [-0.2, -0.15) is 4.31 Å². The number of benzene rings is 2. The molecule has 2 aromatic carbocycles. The van der Waals surface area contributed by atoms with Crippen molar-refractivity contribution in [3.8, 4) is 0 Å². The van der Waals surface area contributed by atoms with Gasteiger partial charge < -0.3 is 4.90 Å². The summed E-state index contributed by atoms with van der Waals surface area (Å²) in [5.74, 6) is 0. The van der Waals surface area contributed by atoms with Gasteiger partial charge in [-0.05, 0) is 68.5 Å². The maximum Gasteiger partial charge on any atom is 0.243 e. The maximum atomic E-state index is 13.4. The molecule has 2 aromatic rings. The van der Waals surface area contributed by atoms with Crippen LogP contribution in [-0.4, -0.2) is 38.9 Å². The van der Waals surface area contributed by atoms with Gasteiger partial charge in [0.1, 0.15) is 0 Å². The van der Waals surface area contributed by atoms with Crippen LogP contribution in [0.2, 0.25) is 0 Å². The molecule has 0 aliphatic carbocycles. The number of hydrogen-bond donors (Lipinski definition) is 0. The lowest BCUT2D eigenvalue weighted by Crippen LogP contribution is -2.49. The van der Waals surface area contributed by atoms with Gasteiger partial charge in [-0.25, -0.2) is 8.42 Å². The van der Waals surface area contributed by atoms with E-state index in [-0.39, 0.29) is 0 Å². The van der Waals surface area contributed by atoms with Gasteiger partial charge in [-0.1, -0.05) is 24.3 Å². The van der Waals surface area contributed by atoms with Gasteiger partial charge >= 0.3 is 0 Å². The SMILES string of the molecule is Cc1ccccc1N1CCN(S(=O)(=O)c2c(C)c(C)cc(C)c2C)CC1. The fourth-order valence-corrected chi connectivity index (χ4v) is 5.78. The van der Waals surface area contributed by atoms with Crippen LogP contribution in [0, 0.1) is 34.6 Å². The van der Waals surface area contributed by atoms with Crippen molar-refractivity contribution in [2.75, 3.05) is 31.1 Å². The van der Waals surface area contributed by atoms with E-state index in [4.69, 9.17) is 0 Å². The van der Waals surface area contributed by atoms with E-state index in [9.17, 15) is 8.42 Å². The molecule has 140 valence electrons. The van der Waals surface area contributed by atoms with Crippen LogP contribution in [0.15, 0.2) is 35.2 Å². The predicted molar refractivity (Wildman–Crippen MR) is 108 cm³/mol. The number of para-hydroxylation sites is 1. The first-order valence-electron chi connectivity index (χ1n) is 9.11. The lowest BCUT2D eigenvalue weighted by Gasteiger charge is -2.36. The van der Waals surface area contributed by atoms with Crippen LogP contribution in [0.5, 0.6) is 0 Å². The van der Waals surface area contributed by atoms with Crippen molar-refractivity contribution in [3.05, 3.63) is 58.1 Å². The maximum absolute atomic E-state index is 13.4. The van der Waals surface area contributed by atoms with Gasteiger partial charge in [0.15, 0.2) is 0 Å². The summed E-state index contributed by atoms with van der Waals surface area (Å²) >= 11 is 0. The lowest BCUT2D eigenvalue weighted by atomic mass is 10.0. The van der Waals surface area contributed by atoms with Crippen LogP contribution in [-0.2, 0) is 10.0 Å². The molecule has 0 amide bonds. The quantitative estimate of drug-likeness (QED) is 0.824. The summed E-state index contributed by atoms with van der Waals surface area (Å²) in [6.45, 7) is 12.4. The number of sulfonamides is 1. The second kappa shape index (κ2) is 7.05. The highest BCUT2D eigenvalue weighted by Crippen LogP contribution is 2.30. The highest BCUT2D eigenvalue weighted by molar-refractivity contribution is 7.89. The van der Waals surface area contributed by atoms with Crippen LogP contribution >= 0.6 is 0 Å². The van der Waals surface area contributed by atoms with E-state index in [2.05, 4.69) is 30.0 Å². The molecule has 5 heteroatoms. The van der Waals surface area contributed by atoms with Crippen LogP contribution in [0.25, 0.3) is 0 Å². The van der Waals surface area contributed by atoms with Crippen molar-refractivity contribution in [3.63, 3.8) is 0 Å². The van der Waals surface area contributed by atoms with Gasteiger partial charge in [-0.15, -0.1) is 0 Å². The highest BCUT2D eigenvalue weighted by Gasteiger charge is 2.32. The molecule has 1 heterocycles. The Bertz CT molecular complexity index is 901. The van der Waals surface area contributed by atoms with E-state index in [0.717, 1.165) is 22.3 Å². The fraction of sp³-hybridized carbons (Fsp3) is 0.429. The monoisotopic (exact) mass is 372 g/mol. The summed E-state index contributed by atoms with van der Waals surface area (Å²) in [6.07, 6.45) is 0. The molecule has 0 saturated carbocycles. The third kappa shape index (κ3) is 3.26. The number of aryl methyl sites for hydroxylation is 3. The van der Waals surface area contributed by atoms with Gasteiger partial charge in [0.05, 0.1) is 4.90 Å². The summed E-state index contributed by atoms with van der Waals surface area (Å²) < 4.78 is 28.4. The Morgan fingerprint density at radius 2 is 1.31 bits per heavy atom. The van der Waals surface area contributed by atoms with Crippen LogP contribution < -0.4 is 4.90 Å². The van der Waals surface area contributed by atoms with E-state index in [1.807, 2.05) is 39.8 Å². The van der Waals surface area contributed by atoms with E-state index in [0.29, 0.717) is 31.1 Å². The van der Waals surface area contributed by atoms with Crippen molar-refractivity contribution in [1.82, 2.24) is 4.31 Å². The van der Waals surface area contributed by atoms with E-state index in [1.54, 1.807) is 4.31 Å². The molecule has 26 heavy (non-hydrogen) atoms. The number of hydrogen-bond acceptors (Lipinski definition) is 3. The zero-order valence-corrected chi connectivity index (χ0v) is 17.2. The van der Waals surface area contributed by atoms with Crippen molar-refractivity contribution in [1.29, 1.82) is 0 Å². The molecule has 1 fully saturated rings. The van der Waals surface area contributed by atoms with Gasteiger partial charge in [-0.3, -0.25) is 0 Å². The predicted octanol–water partition coefficient (Wildman–Crippen LogP) is 3.74. The Morgan fingerprint density at radius 3 is 1.85 bits per heavy atom. The molecule has 0 bridgehead atoms. The summed E-state index contributed by atoms with van der Waals surface area (Å²) in [5, 5.41) is 0. The summed E-state index contributed by atoms with van der Waals surface area (Å²) in [5.41, 5.74) is 6.23. The Morgan fingerprint density at radius 1 is 0.769 bits per heavy atom. The molecule has 1 saturated heterocycles. The van der Waals surface area contributed by atoms with E-state index < -0.39 is 10.0 Å². The molecule has 3 rings (SSSR count). The Balaban J connectivity index is 1.87. The molecule has 0 N–H and O–H groups in total. The molecular weight excluding hydrogens is 344 g/mol. The average molecular weight is 373 g/mol. The molecule has 0 aromatic heterocycles. The summed E-state index contributed by atoms with van der Waals surface area (Å²) in [7, 11) is -3.48. The minimum atomic E-state index is -3.48. The molecule has 0 spiro atoms. The number of piperazine rings is 1. The van der Waals surface area contributed by atoms with Crippen molar-refractivity contribution < 1.29 is 8.42 Å². The third-order valence-electron chi connectivity index (χ3n) is 5.59. The number of rotatable bonds is 3. The highest BCUT2D eigenvalue weighted by atomic mass is 32.2. The van der Waals surface area contributed by atoms with Crippen molar-refractivity contribution >= 4 is 15.7 Å². The number of nitrogens with zero attached hydrogens (tertiary/aromatic N) is 2. The average Bonchev–Trinajstić information content (AvgIpc) is 2.61. The molecule has 1 aliphatic rings. The Hall–Kier alpha value is -1.85. The molecule has 0 radical (unpaired) electrons. The third-order valence-corrected chi connectivity index (χ3v) is 7.76. The molecule has 0 atom stereocenters. The Kier molecular flexibility index (Phi) is 5.13. The fourth-order valence-electron chi connectivity index (χ4n) is 3.78. The largest absolute Gasteiger partial charge is 0.369 e. The van der Waals surface area contributed by atoms with Crippen LogP contribution in [0.3, 0.4) is 0 Å². The van der Waals surface area contributed by atoms with Gasteiger partial charge in [0.2, 0.25) is 10.0 Å². The molecule has 1 aliphatic heterocycles. The smallest absolute Gasteiger partial charge is 0.243 e. The zero-order chi connectivity index (χ0) is 19.1. The van der Waals surface area contributed by atoms with Crippen molar-refractivity contribution in [2.45, 2.75) is 39.5 Å². The zero-order valence-electron chi connectivity index (χ0n) is 16.3. The van der Waals surface area contributed by atoms with E-state index >= 15 is 0 Å². The lowest BCUT2D eigenvalue weighted by molar-refractivity contribution is 0.384. The standard InChI is InChI=1S/C21H28N2O2S/c1-15-8-6-7-9-20(15)22-10-12-23(13-11-22)26(24,25)21-18(4)16(2)14-17(3)19(21)5/h6-9,14H,10-13H2,1-5H3. The van der Waals surface area contributed by atoms with Crippen molar-refractivity contribution in [2.24, 2.45) is 0 Å². The number of anilines is 1. The molecular formula is C21H28N2O2S. The van der Waals surface area contributed by atoms with E-state index in [1.165, 1.54) is 11.3 Å². The molecule has 4 nitrogen and oxygen atoms in total. The van der Waals surface area contributed by atoms with Gasteiger partial charge in [0, 0.05) is 31.9 Å². The Labute approximate surface area is 157 Å². The van der Waals surface area contributed by atoms with Gasteiger partial charge in [0.25, 0.3) is 0 Å². The minimum Gasteiger partial charge on any atom is -0.369 e. The molecule has 0 unspecified atom stereocenters. The normalized spacial score (nSPS) is 16.1. The first-order chi connectivity index (χ1) is 12.2. The second-order valence-corrected chi connectivity index (χ2v) is 9.14. The second-order valence-electron chi connectivity index (χ2n) is 7.27. The topological polar surface area (TPSA) is 40.6 Å².